The average Bonchev–Trinajstić information content (AvgIpc) is 3.13. The summed E-state index contributed by atoms with van der Waals surface area (Å²) in [6, 6.07) is 3.47. The number of hydrogen-bond acceptors (Lipinski definition) is 7. The number of thioether (sulfide) groups is 1. The second kappa shape index (κ2) is 7.24. The van der Waals surface area contributed by atoms with Gasteiger partial charge in [0.1, 0.15) is 10.9 Å². The van der Waals surface area contributed by atoms with Crippen molar-refractivity contribution in [2.24, 2.45) is 0 Å². The zero-order valence-corrected chi connectivity index (χ0v) is 16.4. The molecular formula is C16H13IN2O3S2. The fraction of sp³-hybridized carbons (Fsp3) is 0.188. The summed E-state index contributed by atoms with van der Waals surface area (Å²) >= 11 is 4.56. The number of carbonyl (C=O) groups is 1. The fourth-order valence-corrected chi connectivity index (χ4v) is 4.72. The highest BCUT2D eigenvalue weighted by atomic mass is 127. The lowest BCUT2D eigenvalue weighted by Gasteiger charge is -2.09. The highest BCUT2D eigenvalue weighted by molar-refractivity contribution is 14.1. The number of nitrogens with one attached hydrogen (secondary N) is 1. The van der Waals surface area contributed by atoms with Crippen molar-refractivity contribution in [1.82, 2.24) is 4.98 Å². The van der Waals surface area contributed by atoms with Gasteiger partial charge in [-0.05, 0) is 53.3 Å². The lowest BCUT2D eigenvalue weighted by Crippen LogP contribution is -2.11. The molecule has 0 aliphatic carbocycles. The smallest absolute Gasteiger partial charge is 0.186 e. The van der Waals surface area contributed by atoms with Gasteiger partial charge in [0.05, 0.1) is 20.1 Å². The molecule has 0 spiro atoms. The Morgan fingerprint density at radius 3 is 2.96 bits per heavy atom. The molecule has 1 aromatic carbocycles. The van der Waals surface area contributed by atoms with Crippen LogP contribution in [0.1, 0.15) is 23.4 Å². The van der Waals surface area contributed by atoms with Crippen LogP contribution in [0.2, 0.25) is 0 Å². The van der Waals surface area contributed by atoms with Crippen molar-refractivity contribution in [2.75, 3.05) is 6.61 Å². The number of hydrogen-bond donors (Lipinski definition) is 2. The van der Waals surface area contributed by atoms with Crippen LogP contribution in [0.15, 0.2) is 28.6 Å². The summed E-state index contributed by atoms with van der Waals surface area (Å²) in [7, 11) is 0. The number of allylic oxidation sites excluding steroid dienone is 1. The third kappa shape index (κ3) is 3.35. The molecule has 5 nitrogen and oxygen atoms in total. The minimum Gasteiger partial charge on any atom is -0.504 e. The van der Waals surface area contributed by atoms with E-state index in [2.05, 4.69) is 4.98 Å². The maximum absolute atomic E-state index is 12.6. The Labute approximate surface area is 160 Å². The molecule has 2 aromatic rings. The number of benzene rings is 1. The SMILES string of the molecule is CCOc1cc(/C=C2\SC(=N)[C@H](c3nccs3)C2=O)cc(I)c1O. The fourth-order valence-electron chi connectivity index (χ4n) is 2.28. The van der Waals surface area contributed by atoms with E-state index >= 15 is 0 Å². The van der Waals surface area contributed by atoms with Gasteiger partial charge in [0.2, 0.25) is 0 Å². The van der Waals surface area contributed by atoms with Crippen molar-refractivity contribution in [3.05, 3.63) is 42.8 Å². The summed E-state index contributed by atoms with van der Waals surface area (Å²) in [5.41, 5.74) is 0.754. The number of Topliss-reactive ketones (excluding diaryl/α,β-unsaturated/α-hetero) is 1. The monoisotopic (exact) mass is 472 g/mol. The van der Waals surface area contributed by atoms with E-state index in [4.69, 9.17) is 10.1 Å². The van der Waals surface area contributed by atoms with Gasteiger partial charge in [0, 0.05) is 11.6 Å². The molecule has 1 atom stereocenters. The molecule has 1 aliphatic rings. The third-order valence-corrected chi connectivity index (χ3v) is 5.99. The number of ether oxygens (including phenoxy) is 1. The van der Waals surface area contributed by atoms with Crippen LogP contribution in [-0.4, -0.2) is 27.5 Å². The summed E-state index contributed by atoms with van der Waals surface area (Å²) in [6.07, 6.45) is 3.38. The number of aromatic hydroxyl groups is 1. The average molecular weight is 472 g/mol. The molecule has 1 aliphatic heterocycles. The largest absolute Gasteiger partial charge is 0.504 e. The molecule has 2 heterocycles. The standard InChI is InChI=1S/C16H13IN2O3S2/c1-2-22-10-6-8(5-9(17)13(10)20)7-11-14(21)12(15(18)24-11)16-19-3-4-23-16/h3-7,12,18,20H,2H2,1H3/b11-7-,18-15?/t12-/m1/s1. The Morgan fingerprint density at radius 1 is 1.50 bits per heavy atom. The highest BCUT2D eigenvalue weighted by Gasteiger charge is 2.38. The molecular weight excluding hydrogens is 459 g/mol. The topological polar surface area (TPSA) is 83.3 Å². The molecule has 0 bridgehead atoms. The van der Waals surface area contributed by atoms with Gasteiger partial charge in [0.15, 0.2) is 17.3 Å². The number of rotatable bonds is 4. The lowest BCUT2D eigenvalue weighted by atomic mass is 10.0. The maximum Gasteiger partial charge on any atom is 0.186 e. The van der Waals surface area contributed by atoms with Crippen LogP contribution in [0.3, 0.4) is 0 Å². The Hall–Kier alpha value is -1.39. The molecule has 2 N–H and O–H groups in total. The van der Waals surface area contributed by atoms with Crippen molar-refractivity contribution in [3.63, 3.8) is 0 Å². The van der Waals surface area contributed by atoms with Crippen molar-refractivity contribution in [1.29, 1.82) is 5.41 Å². The summed E-state index contributed by atoms with van der Waals surface area (Å²) in [5, 5.41) is 20.8. The summed E-state index contributed by atoms with van der Waals surface area (Å²) in [5.74, 6) is -0.221. The van der Waals surface area contributed by atoms with E-state index in [9.17, 15) is 9.90 Å². The van der Waals surface area contributed by atoms with E-state index in [0.717, 1.165) is 17.3 Å². The molecule has 3 rings (SSSR count). The number of carbonyl (C=O) groups excluding carboxylic acids is 1. The molecule has 1 fully saturated rings. The minimum atomic E-state index is -0.594. The Bertz CT molecular complexity index is 834. The molecule has 0 radical (unpaired) electrons. The Morgan fingerprint density at radius 2 is 2.29 bits per heavy atom. The maximum atomic E-state index is 12.6. The van der Waals surface area contributed by atoms with Crippen LogP contribution < -0.4 is 4.74 Å². The molecule has 0 saturated carbocycles. The van der Waals surface area contributed by atoms with Crippen molar-refractivity contribution < 1.29 is 14.6 Å². The second-order valence-electron chi connectivity index (χ2n) is 4.92. The van der Waals surface area contributed by atoms with Gasteiger partial charge in [-0.1, -0.05) is 11.8 Å². The normalized spacial score (nSPS) is 19.2. The van der Waals surface area contributed by atoms with Crippen LogP contribution >= 0.6 is 45.7 Å². The molecule has 8 heteroatoms. The Kier molecular flexibility index (Phi) is 5.26. The highest BCUT2D eigenvalue weighted by Crippen LogP contribution is 2.42. The number of aromatic nitrogens is 1. The van der Waals surface area contributed by atoms with Crippen molar-refractivity contribution in [2.45, 2.75) is 12.8 Å². The lowest BCUT2D eigenvalue weighted by molar-refractivity contribution is -0.114. The van der Waals surface area contributed by atoms with Crippen LogP contribution in [-0.2, 0) is 4.79 Å². The first-order valence-corrected chi connectivity index (χ1v) is 9.85. The first-order chi connectivity index (χ1) is 11.5. The minimum absolute atomic E-state index is 0.0957. The number of halogens is 1. The van der Waals surface area contributed by atoms with Crippen molar-refractivity contribution in [3.8, 4) is 11.5 Å². The van der Waals surface area contributed by atoms with Gasteiger partial charge < -0.3 is 9.84 Å². The third-order valence-electron chi connectivity index (χ3n) is 3.33. The summed E-state index contributed by atoms with van der Waals surface area (Å²) in [4.78, 5) is 17.3. The van der Waals surface area contributed by atoms with E-state index in [1.54, 1.807) is 29.8 Å². The quantitative estimate of drug-likeness (QED) is 0.513. The second-order valence-corrected chi connectivity index (χ2v) is 8.10. The van der Waals surface area contributed by atoms with Gasteiger partial charge in [-0.25, -0.2) is 4.98 Å². The molecule has 0 unspecified atom stereocenters. The van der Waals surface area contributed by atoms with Crippen LogP contribution in [0.25, 0.3) is 6.08 Å². The number of phenolic OH excluding ortho intramolecular Hbond substituents is 1. The predicted molar refractivity (Wildman–Crippen MR) is 105 cm³/mol. The van der Waals surface area contributed by atoms with Gasteiger partial charge >= 0.3 is 0 Å². The zero-order valence-electron chi connectivity index (χ0n) is 12.6. The number of ketones is 1. The first kappa shape index (κ1) is 17.4. The molecule has 0 amide bonds. The van der Waals surface area contributed by atoms with E-state index in [1.807, 2.05) is 29.5 Å². The van der Waals surface area contributed by atoms with E-state index < -0.39 is 5.92 Å². The van der Waals surface area contributed by atoms with Gasteiger partial charge in [-0.3, -0.25) is 10.2 Å². The van der Waals surface area contributed by atoms with E-state index in [-0.39, 0.29) is 11.5 Å². The number of thiazole rings is 1. The number of nitrogens with zero attached hydrogens (tertiary/aromatic N) is 1. The van der Waals surface area contributed by atoms with Crippen LogP contribution in [0.5, 0.6) is 11.5 Å². The molecule has 24 heavy (non-hydrogen) atoms. The molecule has 124 valence electrons. The van der Waals surface area contributed by atoms with E-state index in [0.29, 0.717) is 30.9 Å². The molecule has 1 aromatic heterocycles. The van der Waals surface area contributed by atoms with Gasteiger partial charge in [-0.15, -0.1) is 11.3 Å². The number of phenols is 1. The summed E-state index contributed by atoms with van der Waals surface area (Å²) < 4.78 is 6.07. The van der Waals surface area contributed by atoms with Crippen LogP contribution in [0, 0.1) is 8.98 Å². The van der Waals surface area contributed by atoms with Gasteiger partial charge in [-0.2, -0.15) is 0 Å². The predicted octanol–water partition coefficient (Wildman–Crippen LogP) is 4.27. The Balaban J connectivity index is 1.95. The van der Waals surface area contributed by atoms with E-state index in [1.165, 1.54) is 11.3 Å². The van der Waals surface area contributed by atoms with Crippen LogP contribution in [0.4, 0.5) is 0 Å². The summed E-state index contributed by atoms with van der Waals surface area (Å²) in [6.45, 7) is 2.28. The molecule has 1 saturated heterocycles. The zero-order chi connectivity index (χ0) is 17.3. The first-order valence-electron chi connectivity index (χ1n) is 7.08. The van der Waals surface area contributed by atoms with Gasteiger partial charge in [0.25, 0.3) is 0 Å². The van der Waals surface area contributed by atoms with Crippen molar-refractivity contribution >= 4 is 62.6 Å².